The van der Waals surface area contributed by atoms with E-state index < -0.39 is 47.0 Å². The van der Waals surface area contributed by atoms with Gasteiger partial charge in [0.25, 0.3) is 5.91 Å². The molecule has 9 nitrogen and oxygen atoms in total. The van der Waals surface area contributed by atoms with Crippen LogP contribution in [0.15, 0.2) is 71.8 Å². The molecule has 6 rings (SSSR count). The van der Waals surface area contributed by atoms with Crippen molar-refractivity contribution in [3.05, 3.63) is 77.4 Å². The van der Waals surface area contributed by atoms with Gasteiger partial charge in [-0.25, -0.2) is 9.69 Å². The molecule has 2 aliphatic carbocycles. The van der Waals surface area contributed by atoms with Gasteiger partial charge in [-0.3, -0.25) is 24.1 Å². The summed E-state index contributed by atoms with van der Waals surface area (Å²) in [5, 5.41) is 5.85. The monoisotopic (exact) mass is 568 g/mol. The number of amides is 6. The number of benzene rings is 2. The number of nitrogens with one attached hydrogen (secondary N) is 2. The van der Waals surface area contributed by atoms with Crippen LogP contribution in [0.2, 0.25) is 0 Å². The molecule has 4 aliphatic rings. The molecule has 0 spiro atoms. The number of nitrogens with zero attached hydrogens (tertiary/aromatic N) is 2. The van der Waals surface area contributed by atoms with Crippen LogP contribution in [-0.2, 0) is 25.7 Å². The van der Waals surface area contributed by atoms with Crippen molar-refractivity contribution in [2.45, 2.75) is 58.0 Å². The lowest BCUT2D eigenvalue weighted by Crippen LogP contribution is -2.71. The smallest absolute Gasteiger partial charge is 0.325 e. The van der Waals surface area contributed by atoms with E-state index in [0.29, 0.717) is 48.6 Å². The van der Waals surface area contributed by atoms with Crippen LogP contribution < -0.4 is 15.5 Å². The number of fused-ring (bicyclic) bond motifs is 3. The van der Waals surface area contributed by atoms with Gasteiger partial charge in [0.2, 0.25) is 17.7 Å². The number of carbonyl (C=O) groups excluding carboxylic acids is 5. The van der Waals surface area contributed by atoms with Crippen molar-refractivity contribution in [2.75, 3.05) is 11.4 Å². The van der Waals surface area contributed by atoms with E-state index >= 15 is 0 Å². The van der Waals surface area contributed by atoms with E-state index in [1.54, 1.807) is 31.2 Å². The first-order valence-corrected chi connectivity index (χ1v) is 14.9. The number of hydrogen-bond acceptors (Lipinski definition) is 5. The van der Waals surface area contributed by atoms with E-state index in [2.05, 4.69) is 10.6 Å². The van der Waals surface area contributed by atoms with Crippen LogP contribution in [0, 0.1) is 23.7 Å². The summed E-state index contributed by atoms with van der Waals surface area (Å²) >= 11 is 0. The number of urea groups is 1. The second-order valence-electron chi connectivity index (χ2n) is 11.9. The SMILES string of the molecule is CCC1=C2CC[C@H]3C(=O)N(c4ccccc4)C(=O)[C@H]3[C@H]2[C@@](C)(C(=O)NCc2ccccc2)N(C(=O)NCC2CC2)C1=O. The van der Waals surface area contributed by atoms with Crippen molar-refractivity contribution in [3.63, 3.8) is 0 Å². The molecule has 1 saturated heterocycles. The molecule has 218 valence electrons. The molecular formula is C33H36N4O5. The molecule has 2 heterocycles. The standard InChI is InChI=1S/C33H36N4O5/c1-3-23-24-16-17-25-26(30(40)36(28(25)38)22-12-8-5-9-13-22)27(24)33(2,31(41)34-18-20-10-6-4-7-11-20)37(29(23)39)32(42)35-19-21-14-15-21/h4-13,21,25-27H,3,14-19H2,1-2H3,(H,34,41)(H,35,42)/t25-,26-,27+,33+/m1/s1. The lowest BCUT2D eigenvalue weighted by molar-refractivity contribution is -0.149. The summed E-state index contributed by atoms with van der Waals surface area (Å²) in [6.07, 6.45) is 3.16. The Kier molecular flexibility index (Phi) is 7.20. The van der Waals surface area contributed by atoms with E-state index in [4.69, 9.17) is 0 Å². The van der Waals surface area contributed by atoms with Crippen molar-refractivity contribution in [2.24, 2.45) is 23.7 Å². The van der Waals surface area contributed by atoms with E-state index in [9.17, 15) is 24.0 Å². The molecule has 2 N–H and O–H groups in total. The summed E-state index contributed by atoms with van der Waals surface area (Å²) in [6.45, 7) is 4.03. The zero-order valence-electron chi connectivity index (χ0n) is 24.0. The molecule has 9 heteroatoms. The molecule has 4 atom stereocenters. The van der Waals surface area contributed by atoms with Gasteiger partial charge in [-0.15, -0.1) is 0 Å². The van der Waals surface area contributed by atoms with Gasteiger partial charge in [0.15, 0.2) is 0 Å². The number of rotatable bonds is 7. The summed E-state index contributed by atoms with van der Waals surface area (Å²) in [4.78, 5) is 72.5. The third-order valence-electron chi connectivity index (χ3n) is 9.42. The lowest BCUT2D eigenvalue weighted by Gasteiger charge is -2.52. The maximum atomic E-state index is 14.4. The minimum atomic E-state index is -1.74. The van der Waals surface area contributed by atoms with Crippen LogP contribution in [0.3, 0.4) is 0 Å². The topological polar surface area (TPSA) is 116 Å². The molecule has 6 amide bonds. The summed E-state index contributed by atoms with van der Waals surface area (Å²) in [7, 11) is 0. The zero-order valence-corrected chi connectivity index (χ0v) is 24.0. The largest absolute Gasteiger partial charge is 0.350 e. The first-order valence-electron chi connectivity index (χ1n) is 14.9. The maximum absolute atomic E-state index is 14.4. The summed E-state index contributed by atoms with van der Waals surface area (Å²) in [5.74, 6) is -3.77. The molecule has 2 aliphatic heterocycles. The molecule has 0 unspecified atom stereocenters. The Balaban J connectivity index is 1.45. The Morgan fingerprint density at radius 3 is 2.21 bits per heavy atom. The average Bonchev–Trinajstić information content (AvgIpc) is 3.80. The van der Waals surface area contributed by atoms with Crippen LogP contribution in [0.5, 0.6) is 0 Å². The first kappa shape index (κ1) is 27.9. The van der Waals surface area contributed by atoms with Crippen LogP contribution >= 0.6 is 0 Å². The molecule has 0 radical (unpaired) electrons. The molecule has 0 bridgehead atoms. The predicted octanol–water partition coefficient (Wildman–Crippen LogP) is 3.95. The number of carbonyl (C=O) groups is 5. The molecule has 42 heavy (non-hydrogen) atoms. The van der Waals surface area contributed by atoms with Crippen LogP contribution in [0.1, 0.15) is 51.5 Å². The lowest BCUT2D eigenvalue weighted by atomic mass is 9.59. The third kappa shape index (κ3) is 4.51. The highest BCUT2D eigenvalue weighted by atomic mass is 16.2. The first-order chi connectivity index (χ1) is 20.3. The van der Waals surface area contributed by atoms with E-state index in [1.807, 2.05) is 43.3 Å². The summed E-state index contributed by atoms with van der Waals surface area (Å²) in [5.41, 5.74) is 0.758. The highest BCUT2D eigenvalue weighted by Gasteiger charge is 2.66. The average molecular weight is 569 g/mol. The van der Waals surface area contributed by atoms with Crippen molar-refractivity contribution in [3.8, 4) is 0 Å². The molecule has 3 fully saturated rings. The third-order valence-corrected chi connectivity index (χ3v) is 9.42. The van der Waals surface area contributed by atoms with Crippen molar-refractivity contribution < 1.29 is 24.0 Å². The van der Waals surface area contributed by atoms with Crippen LogP contribution in [0.4, 0.5) is 10.5 Å². The molecular weight excluding hydrogens is 532 g/mol. The van der Waals surface area contributed by atoms with Crippen molar-refractivity contribution in [1.29, 1.82) is 0 Å². The quantitative estimate of drug-likeness (QED) is 0.491. The number of anilines is 1. The Morgan fingerprint density at radius 1 is 0.905 bits per heavy atom. The van der Waals surface area contributed by atoms with Gasteiger partial charge in [0.05, 0.1) is 17.5 Å². The number of para-hydroxylation sites is 1. The summed E-state index contributed by atoms with van der Waals surface area (Å²) < 4.78 is 0. The molecule has 2 aromatic rings. The van der Waals surface area contributed by atoms with Gasteiger partial charge < -0.3 is 10.6 Å². The van der Waals surface area contributed by atoms with Gasteiger partial charge in [-0.1, -0.05) is 61.0 Å². The second kappa shape index (κ2) is 10.9. The van der Waals surface area contributed by atoms with Crippen molar-refractivity contribution >= 4 is 35.3 Å². The number of hydrogen-bond donors (Lipinski definition) is 2. The predicted molar refractivity (Wildman–Crippen MR) is 156 cm³/mol. The van der Waals surface area contributed by atoms with E-state index in [-0.39, 0.29) is 12.5 Å². The van der Waals surface area contributed by atoms with Gasteiger partial charge in [-0.05, 0) is 62.6 Å². The molecule has 0 aromatic heterocycles. The highest BCUT2D eigenvalue weighted by Crippen LogP contribution is 2.54. The Morgan fingerprint density at radius 2 is 1.57 bits per heavy atom. The van der Waals surface area contributed by atoms with Crippen LogP contribution in [-0.4, -0.2) is 46.6 Å². The van der Waals surface area contributed by atoms with Gasteiger partial charge in [0, 0.05) is 24.6 Å². The highest BCUT2D eigenvalue weighted by molar-refractivity contribution is 6.23. The number of imide groups is 2. The van der Waals surface area contributed by atoms with Gasteiger partial charge in [-0.2, -0.15) is 0 Å². The fraction of sp³-hybridized carbons (Fsp3) is 0.424. The Bertz CT molecular complexity index is 1470. The van der Waals surface area contributed by atoms with Crippen molar-refractivity contribution in [1.82, 2.24) is 15.5 Å². The summed E-state index contributed by atoms with van der Waals surface area (Å²) in [6, 6.07) is 17.5. The van der Waals surface area contributed by atoms with Gasteiger partial charge >= 0.3 is 6.03 Å². The van der Waals surface area contributed by atoms with E-state index in [0.717, 1.165) is 23.3 Å². The maximum Gasteiger partial charge on any atom is 0.325 e. The second-order valence-corrected chi connectivity index (χ2v) is 11.9. The fourth-order valence-corrected chi connectivity index (χ4v) is 7.11. The molecule has 2 saturated carbocycles. The normalized spacial score (nSPS) is 27.1. The minimum Gasteiger partial charge on any atom is -0.350 e. The molecule has 2 aromatic carbocycles. The van der Waals surface area contributed by atoms with Gasteiger partial charge in [0.1, 0.15) is 5.54 Å². The Hall–Kier alpha value is -4.27. The van der Waals surface area contributed by atoms with Crippen LogP contribution in [0.25, 0.3) is 0 Å². The minimum absolute atomic E-state index is 0.185. The van der Waals surface area contributed by atoms with E-state index in [1.165, 1.54) is 4.90 Å². The Labute approximate surface area is 245 Å². The zero-order chi connectivity index (χ0) is 29.6. The fourth-order valence-electron chi connectivity index (χ4n) is 7.11.